The van der Waals surface area contributed by atoms with Crippen LogP contribution >= 0.6 is 0 Å². The number of rotatable bonds is 1. The van der Waals surface area contributed by atoms with Gasteiger partial charge in [-0.05, 0) is 11.8 Å². The highest BCUT2D eigenvalue weighted by atomic mass is 14.2. The van der Waals surface area contributed by atoms with Crippen LogP contribution in [0.4, 0.5) is 0 Å². The quantitative estimate of drug-likeness (QED) is 0.505. The van der Waals surface area contributed by atoms with E-state index < -0.39 is 0 Å². The SMILES string of the molecule is [CH2]CC1CCC(C)CC1. The topological polar surface area (TPSA) is 0 Å². The van der Waals surface area contributed by atoms with Crippen LogP contribution in [-0.4, -0.2) is 0 Å². The van der Waals surface area contributed by atoms with Crippen LogP contribution in [0.1, 0.15) is 39.0 Å². The van der Waals surface area contributed by atoms with Crippen LogP contribution in [0.15, 0.2) is 0 Å². The van der Waals surface area contributed by atoms with Gasteiger partial charge in [0.25, 0.3) is 0 Å². The molecular formula is C9H17. The number of hydrogen-bond acceptors (Lipinski definition) is 0. The van der Waals surface area contributed by atoms with Gasteiger partial charge in [0.2, 0.25) is 0 Å². The molecule has 0 aromatic rings. The van der Waals surface area contributed by atoms with Crippen LogP contribution in [0, 0.1) is 18.8 Å². The van der Waals surface area contributed by atoms with E-state index in [4.69, 9.17) is 0 Å². The summed E-state index contributed by atoms with van der Waals surface area (Å²) in [5, 5.41) is 0. The third kappa shape index (κ3) is 2.00. The van der Waals surface area contributed by atoms with Gasteiger partial charge in [-0.15, -0.1) is 0 Å². The Morgan fingerprint density at radius 3 is 2.22 bits per heavy atom. The molecule has 0 saturated heterocycles. The van der Waals surface area contributed by atoms with Crippen molar-refractivity contribution in [1.29, 1.82) is 0 Å². The molecule has 1 rings (SSSR count). The van der Waals surface area contributed by atoms with Crippen LogP contribution < -0.4 is 0 Å². The van der Waals surface area contributed by atoms with Crippen molar-refractivity contribution in [3.05, 3.63) is 6.92 Å². The molecule has 0 aromatic carbocycles. The third-order valence-electron chi connectivity index (χ3n) is 2.54. The molecule has 0 nitrogen and oxygen atoms in total. The summed E-state index contributed by atoms with van der Waals surface area (Å²) in [5.74, 6) is 1.95. The van der Waals surface area contributed by atoms with E-state index in [-0.39, 0.29) is 0 Å². The van der Waals surface area contributed by atoms with Gasteiger partial charge < -0.3 is 0 Å². The zero-order valence-electron chi connectivity index (χ0n) is 6.40. The second kappa shape index (κ2) is 3.24. The molecule has 0 N–H and O–H groups in total. The summed E-state index contributed by atoms with van der Waals surface area (Å²) in [7, 11) is 0. The summed E-state index contributed by atoms with van der Waals surface area (Å²) in [6.45, 7) is 6.29. The Morgan fingerprint density at radius 2 is 1.78 bits per heavy atom. The van der Waals surface area contributed by atoms with E-state index in [1.54, 1.807) is 0 Å². The lowest BCUT2D eigenvalue weighted by Gasteiger charge is -2.24. The summed E-state index contributed by atoms with van der Waals surface area (Å²) >= 11 is 0. The van der Waals surface area contributed by atoms with Crippen molar-refractivity contribution in [3.63, 3.8) is 0 Å². The van der Waals surface area contributed by atoms with Gasteiger partial charge in [-0.2, -0.15) is 0 Å². The molecule has 0 bridgehead atoms. The highest BCUT2D eigenvalue weighted by Gasteiger charge is 2.15. The Bertz CT molecular complexity index is 68.1. The molecule has 0 unspecified atom stereocenters. The summed E-state index contributed by atoms with van der Waals surface area (Å²) in [4.78, 5) is 0. The third-order valence-corrected chi connectivity index (χ3v) is 2.54. The minimum absolute atomic E-state index is 0.959. The average molecular weight is 125 g/mol. The molecule has 0 aromatic heterocycles. The molecule has 1 aliphatic rings. The lowest BCUT2D eigenvalue weighted by molar-refractivity contribution is 0.291. The first-order valence-electron chi connectivity index (χ1n) is 4.12. The van der Waals surface area contributed by atoms with Crippen molar-refractivity contribution < 1.29 is 0 Å². The summed E-state index contributed by atoms with van der Waals surface area (Å²) in [6.07, 6.45) is 6.92. The maximum Gasteiger partial charge on any atom is -0.0414 e. The Balaban J connectivity index is 2.18. The van der Waals surface area contributed by atoms with E-state index >= 15 is 0 Å². The molecule has 1 aliphatic carbocycles. The molecule has 1 saturated carbocycles. The van der Waals surface area contributed by atoms with E-state index in [0.29, 0.717) is 0 Å². The molecule has 0 heterocycles. The van der Waals surface area contributed by atoms with Gasteiger partial charge in [0.15, 0.2) is 0 Å². The highest BCUT2D eigenvalue weighted by molar-refractivity contribution is 4.70. The van der Waals surface area contributed by atoms with Gasteiger partial charge in [-0.25, -0.2) is 0 Å². The second-order valence-corrected chi connectivity index (χ2v) is 3.41. The Kier molecular flexibility index (Phi) is 2.56. The van der Waals surface area contributed by atoms with Crippen molar-refractivity contribution in [2.24, 2.45) is 11.8 Å². The summed E-state index contributed by atoms with van der Waals surface area (Å²) in [6, 6.07) is 0. The number of hydrogen-bond donors (Lipinski definition) is 0. The van der Waals surface area contributed by atoms with Crippen molar-refractivity contribution >= 4 is 0 Å². The lowest BCUT2D eigenvalue weighted by atomic mass is 9.82. The zero-order valence-corrected chi connectivity index (χ0v) is 6.40. The average Bonchev–Trinajstić information content (AvgIpc) is 1.90. The normalized spacial score (nSPS) is 36.7. The van der Waals surface area contributed by atoms with Crippen molar-refractivity contribution in [1.82, 2.24) is 0 Å². The molecule has 53 valence electrons. The van der Waals surface area contributed by atoms with E-state index in [0.717, 1.165) is 18.3 Å². The van der Waals surface area contributed by atoms with Gasteiger partial charge in [0.05, 0.1) is 0 Å². The molecule has 0 spiro atoms. The standard InChI is InChI=1S/C9H17/c1-3-9-6-4-8(2)5-7-9/h8-9H,1,3-7H2,2H3. The van der Waals surface area contributed by atoms with Gasteiger partial charge in [0.1, 0.15) is 0 Å². The first-order chi connectivity index (χ1) is 4.33. The van der Waals surface area contributed by atoms with Crippen LogP contribution in [-0.2, 0) is 0 Å². The van der Waals surface area contributed by atoms with Crippen LogP contribution in [0.2, 0.25) is 0 Å². The molecule has 0 aliphatic heterocycles. The fraction of sp³-hybridized carbons (Fsp3) is 0.889. The van der Waals surface area contributed by atoms with Gasteiger partial charge >= 0.3 is 0 Å². The smallest absolute Gasteiger partial charge is 0.0414 e. The first kappa shape index (κ1) is 7.11. The Labute approximate surface area is 58.7 Å². The van der Waals surface area contributed by atoms with Crippen LogP contribution in [0.3, 0.4) is 0 Å². The second-order valence-electron chi connectivity index (χ2n) is 3.41. The van der Waals surface area contributed by atoms with E-state index in [1.165, 1.54) is 25.7 Å². The molecule has 0 heteroatoms. The van der Waals surface area contributed by atoms with Crippen molar-refractivity contribution in [2.45, 2.75) is 39.0 Å². The summed E-state index contributed by atoms with van der Waals surface area (Å²) in [5.41, 5.74) is 0. The first-order valence-corrected chi connectivity index (χ1v) is 4.12. The monoisotopic (exact) mass is 125 g/mol. The Hall–Kier alpha value is 0. The minimum atomic E-state index is 0.959. The van der Waals surface area contributed by atoms with E-state index in [9.17, 15) is 0 Å². The highest BCUT2D eigenvalue weighted by Crippen LogP contribution is 2.29. The van der Waals surface area contributed by atoms with E-state index in [2.05, 4.69) is 13.8 Å². The predicted octanol–water partition coefficient (Wildman–Crippen LogP) is 3.04. The largest absolute Gasteiger partial charge is 0.0625 e. The lowest BCUT2D eigenvalue weighted by Crippen LogP contribution is -2.10. The minimum Gasteiger partial charge on any atom is -0.0625 e. The van der Waals surface area contributed by atoms with Crippen LogP contribution in [0.25, 0.3) is 0 Å². The van der Waals surface area contributed by atoms with Crippen molar-refractivity contribution in [2.75, 3.05) is 0 Å². The molecule has 1 fully saturated rings. The van der Waals surface area contributed by atoms with E-state index in [1.807, 2.05) is 0 Å². The fourth-order valence-electron chi connectivity index (χ4n) is 1.62. The predicted molar refractivity (Wildman–Crippen MR) is 41.1 cm³/mol. The maximum atomic E-state index is 3.93. The maximum absolute atomic E-state index is 3.93. The zero-order chi connectivity index (χ0) is 6.69. The fourth-order valence-corrected chi connectivity index (χ4v) is 1.62. The van der Waals surface area contributed by atoms with Gasteiger partial charge in [-0.3, -0.25) is 0 Å². The van der Waals surface area contributed by atoms with Gasteiger partial charge in [-0.1, -0.05) is 46.0 Å². The summed E-state index contributed by atoms with van der Waals surface area (Å²) < 4.78 is 0. The molecule has 9 heavy (non-hydrogen) atoms. The van der Waals surface area contributed by atoms with Gasteiger partial charge in [0, 0.05) is 0 Å². The molecular weight excluding hydrogens is 108 g/mol. The Morgan fingerprint density at radius 1 is 1.22 bits per heavy atom. The molecule has 1 radical (unpaired) electrons. The molecule has 0 amide bonds. The molecule has 0 atom stereocenters. The van der Waals surface area contributed by atoms with Crippen LogP contribution in [0.5, 0.6) is 0 Å². The van der Waals surface area contributed by atoms with Crippen molar-refractivity contribution in [3.8, 4) is 0 Å².